The van der Waals surface area contributed by atoms with Gasteiger partial charge in [0, 0.05) is 0 Å². The molecule has 0 saturated heterocycles. The molecular weight excluding hydrogens is 195 g/mol. The Labute approximate surface area is 87.7 Å². The Hall–Kier alpha value is -1.38. The molecule has 0 radical (unpaired) electrons. The molecule has 1 saturated carbocycles. The zero-order valence-electron chi connectivity index (χ0n) is 8.53. The van der Waals surface area contributed by atoms with Gasteiger partial charge in [-0.05, 0) is 30.9 Å². The molecule has 2 nitrogen and oxygen atoms in total. The van der Waals surface area contributed by atoms with Crippen molar-refractivity contribution in [3.8, 4) is 0 Å². The summed E-state index contributed by atoms with van der Waals surface area (Å²) in [6, 6.07) is 6.80. The molecule has 0 bridgehead atoms. The van der Waals surface area contributed by atoms with Crippen LogP contribution in [0.2, 0.25) is 0 Å². The topological polar surface area (TPSA) is 37.3 Å². The van der Waals surface area contributed by atoms with Crippen LogP contribution < -0.4 is 0 Å². The highest BCUT2D eigenvalue weighted by atomic mass is 19.1. The van der Waals surface area contributed by atoms with Crippen molar-refractivity contribution in [3.05, 3.63) is 35.4 Å². The largest absolute Gasteiger partial charge is 0.481 e. The number of hydrogen-bond donors (Lipinski definition) is 1. The molecule has 1 atom stereocenters. The van der Waals surface area contributed by atoms with Gasteiger partial charge in [0.15, 0.2) is 0 Å². The van der Waals surface area contributed by atoms with Gasteiger partial charge in [-0.1, -0.05) is 24.3 Å². The van der Waals surface area contributed by atoms with E-state index in [1.807, 2.05) is 0 Å². The highest BCUT2D eigenvalue weighted by Gasteiger charge is 2.51. The highest BCUT2D eigenvalue weighted by molar-refractivity contribution is 5.84. The van der Waals surface area contributed by atoms with Crippen molar-refractivity contribution in [2.45, 2.75) is 31.4 Å². The maximum Gasteiger partial charge on any atom is 0.314 e. The normalized spacial score (nSPS) is 19.6. The van der Waals surface area contributed by atoms with Crippen LogP contribution in [0, 0.1) is 0 Å². The minimum absolute atomic E-state index is 0.597. The zero-order chi connectivity index (χ0) is 11.1. The van der Waals surface area contributed by atoms with Crippen molar-refractivity contribution in [2.24, 2.45) is 0 Å². The number of halogens is 1. The van der Waals surface area contributed by atoms with Gasteiger partial charge < -0.3 is 5.11 Å². The van der Waals surface area contributed by atoms with Crippen molar-refractivity contribution >= 4 is 5.97 Å². The van der Waals surface area contributed by atoms with E-state index < -0.39 is 17.6 Å². The van der Waals surface area contributed by atoms with E-state index in [4.69, 9.17) is 5.11 Å². The second kappa shape index (κ2) is 3.33. The summed E-state index contributed by atoms with van der Waals surface area (Å²) in [6.07, 6.45) is 0.374. The SMILES string of the molecule is CC(F)c1ccc(C2(C(=O)O)CC2)cc1. The lowest BCUT2D eigenvalue weighted by atomic mass is 9.95. The summed E-state index contributed by atoms with van der Waals surface area (Å²) >= 11 is 0. The molecule has 0 aliphatic heterocycles. The van der Waals surface area contributed by atoms with Gasteiger partial charge in [0.05, 0.1) is 5.41 Å². The standard InChI is InChI=1S/C12H13FO2/c1-8(13)9-2-4-10(5-3-9)12(6-7-12)11(14)15/h2-5,8H,6-7H2,1H3,(H,14,15). The van der Waals surface area contributed by atoms with Crippen LogP contribution in [-0.2, 0) is 10.2 Å². The second-order valence-corrected chi connectivity index (χ2v) is 4.13. The number of carbonyl (C=O) groups is 1. The van der Waals surface area contributed by atoms with Gasteiger partial charge in [0.25, 0.3) is 0 Å². The first kappa shape index (κ1) is 10.1. The third-order valence-electron chi connectivity index (χ3n) is 3.08. The quantitative estimate of drug-likeness (QED) is 0.829. The molecule has 0 amide bonds. The summed E-state index contributed by atoms with van der Waals surface area (Å²) in [5, 5.41) is 9.06. The van der Waals surface area contributed by atoms with E-state index in [1.54, 1.807) is 24.3 Å². The molecule has 80 valence electrons. The summed E-state index contributed by atoms with van der Waals surface area (Å²) in [7, 11) is 0. The Morgan fingerprint density at radius 3 is 2.27 bits per heavy atom. The van der Waals surface area contributed by atoms with Crippen LogP contribution in [-0.4, -0.2) is 11.1 Å². The maximum atomic E-state index is 12.9. The van der Waals surface area contributed by atoms with Crippen LogP contribution in [0.5, 0.6) is 0 Å². The molecule has 1 aliphatic carbocycles. The van der Waals surface area contributed by atoms with E-state index in [0.29, 0.717) is 18.4 Å². The summed E-state index contributed by atoms with van der Waals surface area (Å²) in [6.45, 7) is 1.47. The lowest BCUT2D eigenvalue weighted by Gasteiger charge is -2.11. The first-order valence-corrected chi connectivity index (χ1v) is 5.04. The Morgan fingerprint density at radius 2 is 1.93 bits per heavy atom. The molecule has 1 aromatic carbocycles. The molecule has 1 fully saturated rings. The minimum Gasteiger partial charge on any atom is -0.481 e. The number of hydrogen-bond acceptors (Lipinski definition) is 1. The van der Waals surface area contributed by atoms with E-state index in [1.165, 1.54) is 6.92 Å². The summed E-state index contributed by atoms with van der Waals surface area (Å²) in [5.41, 5.74) is 0.706. The van der Waals surface area contributed by atoms with Crippen LogP contribution in [0.3, 0.4) is 0 Å². The average Bonchev–Trinajstić information content (AvgIpc) is 2.98. The molecule has 15 heavy (non-hydrogen) atoms. The van der Waals surface area contributed by atoms with Crippen molar-refractivity contribution in [3.63, 3.8) is 0 Å². The highest BCUT2D eigenvalue weighted by Crippen LogP contribution is 2.48. The first-order valence-electron chi connectivity index (χ1n) is 5.04. The Bertz CT molecular complexity index is 377. The molecule has 0 heterocycles. The van der Waals surface area contributed by atoms with Gasteiger partial charge in [-0.3, -0.25) is 4.79 Å². The van der Waals surface area contributed by atoms with Crippen LogP contribution in [0.4, 0.5) is 4.39 Å². The number of alkyl halides is 1. The lowest BCUT2D eigenvalue weighted by Crippen LogP contribution is -2.19. The zero-order valence-corrected chi connectivity index (χ0v) is 8.53. The molecular formula is C12H13FO2. The molecule has 2 rings (SSSR count). The van der Waals surface area contributed by atoms with Crippen LogP contribution in [0.1, 0.15) is 37.1 Å². The van der Waals surface area contributed by atoms with Gasteiger partial charge in [-0.25, -0.2) is 4.39 Å². The van der Waals surface area contributed by atoms with Crippen molar-refractivity contribution in [1.29, 1.82) is 0 Å². The number of aliphatic carboxylic acids is 1. The Balaban J connectivity index is 2.28. The van der Waals surface area contributed by atoms with Gasteiger partial charge in [-0.2, -0.15) is 0 Å². The van der Waals surface area contributed by atoms with E-state index in [-0.39, 0.29) is 0 Å². The van der Waals surface area contributed by atoms with Crippen molar-refractivity contribution in [2.75, 3.05) is 0 Å². The third-order valence-corrected chi connectivity index (χ3v) is 3.08. The summed E-state index contributed by atoms with van der Waals surface area (Å²) in [5.74, 6) is -0.774. The van der Waals surface area contributed by atoms with E-state index in [9.17, 15) is 9.18 Å². The molecule has 0 aromatic heterocycles. The molecule has 1 aliphatic rings. The fourth-order valence-corrected chi connectivity index (χ4v) is 1.82. The molecule has 3 heteroatoms. The lowest BCUT2D eigenvalue weighted by molar-refractivity contribution is -0.140. The molecule has 0 spiro atoms. The summed E-state index contributed by atoms with van der Waals surface area (Å²) < 4.78 is 12.9. The van der Waals surface area contributed by atoms with Gasteiger partial charge >= 0.3 is 5.97 Å². The minimum atomic E-state index is -1.00. The predicted octanol–water partition coefficient (Wildman–Crippen LogP) is 2.83. The second-order valence-electron chi connectivity index (χ2n) is 4.13. The van der Waals surface area contributed by atoms with Gasteiger partial charge in [-0.15, -0.1) is 0 Å². The number of carboxylic acids is 1. The summed E-state index contributed by atoms with van der Waals surface area (Å²) in [4.78, 5) is 11.0. The number of benzene rings is 1. The van der Waals surface area contributed by atoms with E-state index in [0.717, 1.165) is 5.56 Å². The van der Waals surface area contributed by atoms with Gasteiger partial charge in [0.1, 0.15) is 6.17 Å². The van der Waals surface area contributed by atoms with Crippen molar-refractivity contribution < 1.29 is 14.3 Å². The molecule has 1 N–H and O–H groups in total. The fraction of sp³-hybridized carbons (Fsp3) is 0.417. The van der Waals surface area contributed by atoms with E-state index in [2.05, 4.69) is 0 Å². The van der Waals surface area contributed by atoms with Crippen LogP contribution >= 0.6 is 0 Å². The average molecular weight is 208 g/mol. The van der Waals surface area contributed by atoms with Crippen molar-refractivity contribution in [1.82, 2.24) is 0 Å². The van der Waals surface area contributed by atoms with Crippen LogP contribution in [0.25, 0.3) is 0 Å². The first-order chi connectivity index (χ1) is 7.06. The number of rotatable bonds is 3. The third kappa shape index (κ3) is 1.62. The fourth-order valence-electron chi connectivity index (χ4n) is 1.82. The maximum absolute atomic E-state index is 12.9. The monoisotopic (exact) mass is 208 g/mol. The smallest absolute Gasteiger partial charge is 0.314 e. The number of carboxylic acid groups (broad SMARTS) is 1. The molecule has 1 unspecified atom stereocenters. The predicted molar refractivity (Wildman–Crippen MR) is 54.5 cm³/mol. The van der Waals surface area contributed by atoms with E-state index >= 15 is 0 Å². The molecule has 1 aromatic rings. The Morgan fingerprint density at radius 1 is 1.40 bits per heavy atom. The van der Waals surface area contributed by atoms with Crippen LogP contribution in [0.15, 0.2) is 24.3 Å². The Kier molecular flexibility index (Phi) is 2.25. The van der Waals surface area contributed by atoms with Gasteiger partial charge in [0.2, 0.25) is 0 Å².